The van der Waals surface area contributed by atoms with E-state index < -0.39 is 108 Å². The topological polar surface area (TPSA) is 210 Å². The first-order valence-electron chi connectivity index (χ1n) is 18.9. The number of ether oxygens (including phenoxy) is 3. The summed E-state index contributed by atoms with van der Waals surface area (Å²) in [7, 11) is 5.28. The highest BCUT2D eigenvalue weighted by Gasteiger charge is 2.43. The van der Waals surface area contributed by atoms with Crippen molar-refractivity contribution in [2.24, 2.45) is 11.8 Å². The van der Waals surface area contributed by atoms with E-state index in [1.54, 1.807) is 44.2 Å². The van der Waals surface area contributed by atoms with Gasteiger partial charge in [0.25, 0.3) is 11.8 Å². The van der Waals surface area contributed by atoms with Crippen LogP contribution in [0.3, 0.4) is 0 Å². The minimum Gasteiger partial charge on any atom is -0.458 e. The van der Waals surface area contributed by atoms with Crippen LogP contribution in [0.5, 0.6) is 0 Å². The van der Waals surface area contributed by atoms with Gasteiger partial charge >= 0.3 is 11.9 Å². The summed E-state index contributed by atoms with van der Waals surface area (Å²) in [5, 5.41) is 7.70. The molecule has 8 atom stereocenters. The Kier molecular flexibility index (Phi) is 17.9. The summed E-state index contributed by atoms with van der Waals surface area (Å²) in [6.07, 6.45) is -3.96. The van der Waals surface area contributed by atoms with Crippen LogP contribution >= 0.6 is 0 Å². The normalized spacial score (nSPS) is 26.3. The van der Waals surface area contributed by atoms with Crippen molar-refractivity contribution >= 4 is 47.4 Å². The Morgan fingerprint density at radius 3 is 1.98 bits per heavy atom. The fourth-order valence-electron chi connectivity index (χ4n) is 6.18. The average molecular weight is 801 g/mol. The van der Waals surface area contributed by atoms with Gasteiger partial charge in [-0.15, -0.1) is 0 Å². The van der Waals surface area contributed by atoms with Crippen molar-refractivity contribution in [1.82, 2.24) is 30.7 Å². The number of amides is 6. The molecule has 1 aromatic rings. The Morgan fingerprint density at radius 2 is 1.46 bits per heavy atom. The molecule has 6 amide bonds. The summed E-state index contributed by atoms with van der Waals surface area (Å²) in [6, 6.07) is 2.01. The number of likely N-dealkylation sites (N-methyl/N-ethyl adjacent to an activating group) is 3. The smallest absolute Gasteiger partial charge is 0.333 e. The molecule has 1 heterocycles. The third-order valence-corrected chi connectivity index (χ3v) is 9.82. The van der Waals surface area contributed by atoms with Gasteiger partial charge in [0.05, 0.1) is 6.10 Å². The standard InChI is InChI=1S/C40H60N6O11/c1-21(2)19-29-37(51)46(12)32(26(8)55-13)40(54)57-33(22(3)4)31(42-27(9)47)39(53)56-30(20-28-17-15-14-16-18-28)38(52)45(11)24(6)34(48)41-23(5)36(50)44(10)25(7)35(49)43-29/h14-18,21-23,25-26,29-33H,6,19-20H2,1-5,7-13H3,(H,41,48)(H,42,47)(H,43,49)/t23-,25-,26-,29+,30+,31-,32-,33+/m0/s1. The molecule has 0 aliphatic carbocycles. The van der Waals surface area contributed by atoms with Crippen LogP contribution < -0.4 is 16.0 Å². The maximum Gasteiger partial charge on any atom is 0.333 e. The van der Waals surface area contributed by atoms with E-state index in [1.165, 1.54) is 49.0 Å². The SMILES string of the molecule is C=C1C(=O)N[C@@H](C)C(=O)N(C)[C@@H](C)C(=O)N[C@H](CC(C)C)C(=O)N(C)[C@@H]([C@H](C)OC)C(=O)O[C@H](C(C)C)[C@H](NC(C)=O)C(=O)O[C@H](Cc2ccccc2)C(=O)N1C. The summed E-state index contributed by atoms with van der Waals surface area (Å²) in [4.78, 5) is 113. The van der Waals surface area contributed by atoms with Gasteiger partial charge in [0.2, 0.25) is 23.6 Å². The largest absolute Gasteiger partial charge is 0.458 e. The second kappa shape index (κ2) is 21.3. The van der Waals surface area contributed by atoms with Gasteiger partial charge in [-0.2, -0.15) is 0 Å². The predicted octanol–water partition coefficient (Wildman–Crippen LogP) is 0.944. The van der Waals surface area contributed by atoms with Crippen LogP contribution in [0.15, 0.2) is 42.6 Å². The second-order valence-corrected chi connectivity index (χ2v) is 15.1. The van der Waals surface area contributed by atoms with Crippen LogP contribution in [0.1, 0.15) is 67.4 Å². The third-order valence-electron chi connectivity index (χ3n) is 9.82. The number of carbonyl (C=O) groups is 8. The van der Waals surface area contributed by atoms with E-state index in [4.69, 9.17) is 14.2 Å². The zero-order chi connectivity index (χ0) is 43.5. The van der Waals surface area contributed by atoms with Crippen molar-refractivity contribution in [2.45, 2.75) is 117 Å². The lowest BCUT2D eigenvalue weighted by Gasteiger charge is -2.36. The highest BCUT2D eigenvalue weighted by Crippen LogP contribution is 2.21. The van der Waals surface area contributed by atoms with Gasteiger partial charge < -0.3 is 44.9 Å². The van der Waals surface area contributed by atoms with Crippen LogP contribution in [0.4, 0.5) is 0 Å². The molecule has 1 fully saturated rings. The number of methoxy groups -OCH3 is 1. The van der Waals surface area contributed by atoms with E-state index in [-0.39, 0.29) is 18.8 Å². The Hall–Kier alpha value is -5.32. The fraction of sp³-hybridized carbons (Fsp3) is 0.600. The van der Waals surface area contributed by atoms with Crippen molar-refractivity contribution < 1.29 is 52.6 Å². The fourth-order valence-corrected chi connectivity index (χ4v) is 6.18. The molecule has 0 aromatic heterocycles. The molecule has 57 heavy (non-hydrogen) atoms. The number of carbonyl (C=O) groups excluding carboxylic acids is 8. The van der Waals surface area contributed by atoms with Gasteiger partial charge in [-0.1, -0.05) is 64.6 Å². The minimum absolute atomic E-state index is 0.111. The molecular formula is C40H60N6O11. The molecular weight excluding hydrogens is 740 g/mol. The Labute approximate surface area is 335 Å². The van der Waals surface area contributed by atoms with Crippen LogP contribution in [0.25, 0.3) is 0 Å². The predicted molar refractivity (Wildman–Crippen MR) is 209 cm³/mol. The lowest BCUT2D eigenvalue weighted by atomic mass is 9.98. The van der Waals surface area contributed by atoms with Crippen molar-refractivity contribution in [1.29, 1.82) is 0 Å². The van der Waals surface area contributed by atoms with Gasteiger partial charge in [-0.25, -0.2) is 9.59 Å². The van der Waals surface area contributed by atoms with E-state index in [1.807, 2.05) is 13.8 Å². The van der Waals surface area contributed by atoms with Gasteiger partial charge in [0.1, 0.15) is 29.9 Å². The first kappa shape index (κ1) is 47.8. The molecule has 0 radical (unpaired) electrons. The lowest BCUT2D eigenvalue weighted by Crippen LogP contribution is -2.60. The Bertz CT molecular complexity index is 1650. The number of esters is 2. The number of cyclic esters (lactones) is 2. The first-order chi connectivity index (χ1) is 26.5. The summed E-state index contributed by atoms with van der Waals surface area (Å²) in [5.74, 6) is -7.37. The van der Waals surface area contributed by atoms with E-state index in [0.29, 0.717) is 5.56 Å². The van der Waals surface area contributed by atoms with Crippen molar-refractivity contribution in [2.75, 3.05) is 28.3 Å². The van der Waals surface area contributed by atoms with E-state index in [2.05, 4.69) is 22.5 Å². The second-order valence-electron chi connectivity index (χ2n) is 15.1. The van der Waals surface area contributed by atoms with Crippen molar-refractivity contribution in [3.8, 4) is 0 Å². The highest BCUT2D eigenvalue weighted by molar-refractivity contribution is 6.01. The molecule has 0 saturated carbocycles. The number of benzene rings is 1. The molecule has 1 aromatic carbocycles. The van der Waals surface area contributed by atoms with Gasteiger partial charge in [-0.05, 0) is 44.6 Å². The Balaban J connectivity index is 2.81. The molecule has 0 spiro atoms. The number of hydrogen-bond donors (Lipinski definition) is 3. The monoisotopic (exact) mass is 800 g/mol. The third kappa shape index (κ3) is 12.8. The first-order valence-corrected chi connectivity index (χ1v) is 18.9. The number of rotatable bonds is 8. The molecule has 17 nitrogen and oxygen atoms in total. The molecule has 1 aliphatic heterocycles. The number of hydrogen-bond acceptors (Lipinski definition) is 11. The molecule has 3 N–H and O–H groups in total. The molecule has 1 saturated heterocycles. The molecule has 0 bridgehead atoms. The molecule has 1 aliphatic rings. The Morgan fingerprint density at radius 1 is 0.860 bits per heavy atom. The summed E-state index contributed by atoms with van der Waals surface area (Å²) < 4.78 is 17.3. The van der Waals surface area contributed by atoms with Crippen molar-refractivity contribution in [3.05, 3.63) is 48.2 Å². The van der Waals surface area contributed by atoms with E-state index >= 15 is 0 Å². The van der Waals surface area contributed by atoms with Crippen LogP contribution in [-0.4, -0.2) is 139 Å². The van der Waals surface area contributed by atoms with Gasteiger partial charge in [-0.3, -0.25) is 28.8 Å². The van der Waals surface area contributed by atoms with Crippen molar-refractivity contribution in [3.63, 3.8) is 0 Å². The summed E-state index contributed by atoms with van der Waals surface area (Å²) in [6.45, 7) is 16.2. The number of nitrogens with one attached hydrogen (secondary N) is 3. The lowest BCUT2D eigenvalue weighted by molar-refractivity contribution is -0.175. The van der Waals surface area contributed by atoms with Crippen LogP contribution in [0.2, 0.25) is 0 Å². The summed E-state index contributed by atoms with van der Waals surface area (Å²) in [5.41, 5.74) is 0.186. The van der Waals surface area contributed by atoms with E-state index in [9.17, 15) is 38.4 Å². The zero-order valence-electron chi connectivity index (χ0n) is 35.1. The van der Waals surface area contributed by atoms with Gasteiger partial charge in [0.15, 0.2) is 18.2 Å². The maximum atomic E-state index is 14.2. The van der Waals surface area contributed by atoms with E-state index in [0.717, 1.165) is 21.6 Å². The van der Waals surface area contributed by atoms with Crippen LogP contribution in [0, 0.1) is 11.8 Å². The van der Waals surface area contributed by atoms with Gasteiger partial charge in [0, 0.05) is 41.6 Å². The summed E-state index contributed by atoms with van der Waals surface area (Å²) >= 11 is 0. The maximum absolute atomic E-state index is 14.2. The highest BCUT2D eigenvalue weighted by atomic mass is 16.6. The number of nitrogens with zero attached hydrogens (tertiary/aromatic N) is 3. The minimum atomic E-state index is -1.65. The molecule has 17 heteroatoms. The average Bonchev–Trinajstić information content (AvgIpc) is 3.15. The van der Waals surface area contributed by atoms with Crippen LogP contribution in [-0.2, 0) is 59.0 Å². The quantitative estimate of drug-likeness (QED) is 0.249. The zero-order valence-corrected chi connectivity index (χ0v) is 35.1. The molecule has 0 unspecified atom stereocenters. The molecule has 316 valence electrons. The molecule has 2 rings (SSSR count).